The van der Waals surface area contributed by atoms with Crippen LogP contribution in [-0.4, -0.2) is 11.7 Å². The Labute approximate surface area is 91.9 Å². The number of nitrogens with two attached hydrogens (primary N) is 1. The second kappa shape index (κ2) is 4.06. The van der Waals surface area contributed by atoms with Crippen LogP contribution in [0.5, 0.6) is 0 Å². The normalized spacial score (nSPS) is 11.7. The highest BCUT2D eigenvalue weighted by molar-refractivity contribution is 6.00. The van der Waals surface area contributed by atoms with Gasteiger partial charge in [-0.05, 0) is 19.1 Å². The second-order valence-electron chi connectivity index (χ2n) is 3.32. The molecule has 0 atom stereocenters. The van der Waals surface area contributed by atoms with Gasteiger partial charge in [-0.2, -0.15) is 5.10 Å². The number of hydrogen-bond donors (Lipinski definition) is 2. The summed E-state index contributed by atoms with van der Waals surface area (Å²) >= 11 is 0. The number of carbonyl (C=O) groups is 1. The van der Waals surface area contributed by atoms with E-state index in [0.717, 1.165) is 11.0 Å². The molecule has 1 aromatic heterocycles. The van der Waals surface area contributed by atoms with E-state index in [1.54, 1.807) is 6.92 Å². The summed E-state index contributed by atoms with van der Waals surface area (Å²) in [6, 6.07) is 8.79. The number of amides is 2. The molecule has 0 saturated heterocycles. The summed E-state index contributed by atoms with van der Waals surface area (Å²) < 4.78 is 5.54. The first kappa shape index (κ1) is 10.2. The predicted molar refractivity (Wildman–Crippen MR) is 61.1 cm³/mol. The lowest BCUT2D eigenvalue weighted by Gasteiger charge is -1.95. The van der Waals surface area contributed by atoms with Crippen molar-refractivity contribution in [2.24, 2.45) is 10.8 Å². The molecule has 5 heteroatoms. The fourth-order valence-electron chi connectivity index (χ4n) is 1.35. The molecule has 0 bridgehead atoms. The Hall–Kier alpha value is -2.30. The predicted octanol–water partition coefficient (Wildman–Crippen LogP) is 1.83. The minimum atomic E-state index is -0.699. The monoisotopic (exact) mass is 217 g/mol. The summed E-state index contributed by atoms with van der Waals surface area (Å²) in [4.78, 5) is 10.5. The molecule has 0 aliphatic carbocycles. The summed E-state index contributed by atoms with van der Waals surface area (Å²) in [5, 5.41) is 4.78. The molecule has 82 valence electrons. The first-order valence-corrected chi connectivity index (χ1v) is 4.75. The van der Waals surface area contributed by atoms with Crippen LogP contribution in [0.1, 0.15) is 12.7 Å². The maximum absolute atomic E-state index is 10.5. The molecule has 3 N–H and O–H groups in total. The Balaban J connectivity index is 2.33. The van der Waals surface area contributed by atoms with E-state index in [9.17, 15) is 4.79 Å². The van der Waals surface area contributed by atoms with Crippen molar-refractivity contribution >= 4 is 22.7 Å². The zero-order valence-corrected chi connectivity index (χ0v) is 8.73. The van der Waals surface area contributed by atoms with Crippen LogP contribution in [-0.2, 0) is 0 Å². The number of nitrogens with one attached hydrogen (secondary N) is 1. The van der Waals surface area contributed by atoms with Crippen LogP contribution in [0.25, 0.3) is 11.0 Å². The van der Waals surface area contributed by atoms with Crippen LogP contribution >= 0.6 is 0 Å². The number of primary amides is 1. The fraction of sp³-hybridized carbons (Fsp3) is 0.0909. The van der Waals surface area contributed by atoms with Crippen LogP contribution in [0.4, 0.5) is 4.79 Å². The number of nitrogens with zero attached hydrogens (tertiary/aromatic N) is 1. The van der Waals surface area contributed by atoms with Gasteiger partial charge in [-0.1, -0.05) is 18.2 Å². The molecule has 0 radical (unpaired) electrons. The van der Waals surface area contributed by atoms with E-state index in [4.69, 9.17) is 10.2 Å². The number of fused-ring (bicyclic) bond motifs is 1. The Morgan fingerprint density at radius 1 is 1.44 bits per heavy atom. The minimum absolute atomic E-state index is 0.565. The number of rotatable bonds is 2. The highest BCUT2D eigenvalue weighted by Crippen LogP contribution is 2.19. The maximum atomic E-state index is 10.5. The standard InChI is InChI=1S/C11H11N3O2/c1-7(13-14-11(12)15)10-6-8-4-2-3-5-9(8)16-10/h2-6H,1H3,(H3,12,14,15)/b13-7+. The second-order valence-corrected chi connectivity index (χ2v) is 3.32. The zero-order chi connectivity index (χ0) is 11.5. The summed E-state index contributed by atoms with van der Waals surface area (Å²) in [6.07, 6.45) is 0. The smallest absolute Gasteiger partial charge is 0.332 e. The molecule has 0 saturated carbocycles. The summed E-state index contributed by atoms with van der Waals surface area (Å²) in [5.74, 6) is 0.606. The number of urea groups is 1. The zero-order valence-electron chi connectivity index (χ0n) is 8.73. The van der Waals surface area contributed by atoms with Crippen molar-refractivity contribution in [2.75, 3.05) is 0 Å². The lowest BCUT2D eigenvalue weighted by Crippen LogP contribution is -2.25. The summed E-state index contributed by atoms with van der Waals surface area (Å²) in [6.45, 7) is 1.73. The van der Waals surface area contributed by atoms with Crippen LogP contribution in [0.3, 0.4) is 0 Å². The van der Waals surface area contributed by atoms with E-state index in [0.29, 0.717) is 11.5 Å². The molecule has 0 unspecified atom stereocenters. The summed E-state index contributed by atoms with van der Waals surface area (Å²) in [7, 11) is 0. The van der Waals surface area contributed by atoms with Gasteiger partial charge in [0, 0.05) is 5.39 Å². The number of hydrazone groups is 1. The van der Waals surface area contributed by atoms with Gasteiger partial charge >= 0.3 is 6.03 Å². The minimum Gasteiger partial charge on any atom is -0.455 e. The molecule has 2 aromatic rings. The quantitative estimate of drug-likeness (QED) is 0.594. The molecule has 1 aromatic carbocycles. The van der Waals surface area contributed by atoms with Crippen molar-refractivity contribution in [1.29, 1.82) is 0 Å². The molecule has 0 aliphatic rings. The molecular formula is C11H11N3O2. The lowest BCUT2D eigenvalue weighted by atomic mass is 10.2. The topological polar surface area (TPSA) is 80.6 Å². The van der Waals surface area contributed by atoms with Crippen molar-refractivity contribution in [1.82, 2.24) is 5.43 Å². The third kappa shape index (κ3) is 2.03. The molecular weight excluding hydrogens is 206 g/mol. The van der Waals surface area contributed by atoms with E-state index in [-0.39, 0.29) is 0 Å². The Bertz CT molecular complexity index is 524. The van der Waals surface area contributed by atoms with Crippen LogP contribution in [0.15, 0.2) is 39.9 Å². The van der Waals surface area contributed by atoms with Gasteiger partial charge in [0.15, 0.2) is 5.76 Å². The van der Waals surface area contributed by atoms with Gasteiger partial charge in [0.05, 0.1) is 0 Å². The van der Waals surface area contributed by atoms with E-state index >= 15 is 0 Å². The fourth-order valence-corrected chi connectivity index (χ4v) is 1.35. The van der Waals surface area contributed by atoms with Gasteiger partial charge in [0.1, 0.15) is 11.3 Å². The molecule has 16 heavy (non-hydrogen) atoms. The number of hydrogen-bond acceptors (Lipinski definition) is 3. The highest BCUT2D eigenvalue weighted by Gasteiger charge is 2.05. The first-order valence-electron chi connectivity index (χ1n) is 4.75. The molecule has 0 aliphatic heterocycles. The molecule has 1 heterocycles. The van der Waals surface area contributed by atoms with Crippen molar-refractivity contribution in [3.8, 4) is 0 Å². The molecule has 2 amide bonds. The lowest BCUT2D eigenvalue weighted by molar-refractivity contribution is 0.249. The van der Waals surface area contributed by atoms with Gasteiger partial charge in [0.25, 0.3) is 0 Å². The highest BCUT2D eigenvalue weighted by atomic mass is 16.3. The van der Waals surface area contributed by atoms with Gasteiger partial charge in [-0.3, -0.25) is 0 Å². The van der Waals surface area contributed by atoms with Gasteiger partial charge in [-0.25, -0.2) is 10.2 Å². The van der Waals surface area contributed by atoms with Crippen molar-refractivity contribution in [2.45, 2.75) is 6.92 Å². The largest absolute Gasteiger partial charge is 0.455 e. The third-order valence-corrected chi connectivity index (χ3v) is 2.12. The van der Waals surface area contributed by atoms with E-state index in [2.05, 4.69) is 10.5 Å². The average molecular weight is 217 g/mol. The van der Waals surface area contributed by atoms with E-state index in [1.807, 2.05) is 30.3 Å². The van der Waals surface area contributed by atoms with Gasteiger partial charge in [-0.15, -0.1) is 0 Å². The first-order chi connectivity index (χ1) is 7.66. The van der Waals surface area contributed by atoms with E-state index in [1.165, 1.54) is 0 Å². The number of furan rings is 1. The maximum Gasteiger partial charge on any atom is 0.332 e. The number of benzene rings is 1. The van der Waals surface area contributed by atoms with Crippen molar-refractivity contribution in [3.05, 3.63) is 36.1 Å². The average Bonchev–Trinajstić information content (AvgIpc) is 2.69. The molecule has 5 nitrogen and oxygen atoms in total. The van der Waals surface area contributed by atoms with Crippen molar-refractivity contribution < 1.29 is 9.21 Å². The Kier molecular flexibility index (Phi) is 2.59. The number of carbonyl (C=O) groups excluding carboxylic acids is 1. The molecule has 0 fully saturated rings. The van der Waals surface area contributed by atoms with Gasteiger partial charge in [0.2, 0.25) is 0 Å². The SMILES string of the molecule is C/C(=N\NC(N)=O)c1cc2ccccc2o1. The van der Waals surface area contributed by atoms with Crippen molar-refractivity contribution in [3.63, 3.8) is 0 Å². The molecule has 2 rings (SSSR count). The van der Waals surface area contributed by atoms with E-state index < -0.39 is 6.03 Å². The molecule has 0 spiro atoms. The third-order valence-electron chi connectivity index (χ3n) is 2.12. The summed E-state index contributed by atoms with van der Waals surface area (Å²) in [5.41, 5.74) is 8.41. The van der Waals surface area contributed by atoms with Crippen LogP contribution in [0.2, 0.25) is 0 Å². The Morgan fingerprint density at radius 2 is 2.19 bits per heavy atom. The van der Waals surface area contributed by atoms with Gasteiger partial charge < -0.3 is 10.2 Å². The van der Waals surface area contributed by atoms with Crippen LogP contribution < -0.4 is 11.2 Å². The van der Waals surface area contributed by atoms with Crippen LogP contribution in [0, 0.1) is 0 Å². The Morgan fingerprint density at radius 3 is 2.88 bits per heavy atom. The number of para-hydroxylation sites is 1.